The number of halogens is 7. The third kappa shape index (κ3) is 5.49. The average Bonchev–Trinajstić information content (AvgIpc) is 2.52. The van der Waals surface area contributed by atoms with Gasteiger partial charge in [0.25, 0.3) is 0 Å². The molecule has 26 heavy (non-hydrogen) atoms. The first-order valence-corrected chi connectivity index (χ1v) is 6.92. The predicted octanol–water partition coefficient (Wildman–Crippen LogP) is 3.34. The summed E-state index contributed by atoms with van der Waals surface area (Å²) in [6.45, 7) is 1.28. The van der Waals surface area contributed by atoms with Crippen molar-refractivity contribution < 1.29 is 45.0 Å². The molecular weight excluding hydrogens is 377 g/mol. The lowest BCUT2D eigenvalue weighted by Crippen LogP contribution is -2.58. The molecule has 0 heterocycles. The molecule has 0 bridgehead atoms. The second-order valence-corrected chi connectivity index (χ2v) is 4.68. The number of ether oxygens (including phenoxy) is 2. The van der Waals surface area contributed by atoms with E-state index in [9.17, 15) is 35.5 Å². The smallest absolute Gasteiger partial charge is 0.462 e. The van der Waals surface area contributed by atoms with Crippen LogP contribution in [0.3, 0.4) is 0 Å². The van der Waals surface area contributed by atoms with Gasteiger partial charge in [-0.25, -0.2) is 10.2 Å². The van der Waals surface area contributed by atoms with Gasteiger partial charge in [-0.15, -0.1) is 0 Å². The van der Waals surface area contributed by atoms with E-state index in [1.165, 1.54) is 24.3 Å². The van der Waals surface area contributed by atoms with Crippen molar-refractivity contribution >= 4 is 12.2 Å². The fourth-order valence-electron chi connectivity index (χ4n) is 1.47. The summed E-state index contributed by atoms with van der Waals surface area (Å²) in [5.74, 6) is -6.89. The van der Waals surface area contributed by atoms with Crippen LogP contribution in [0.1, 0.15) is 12.5 Å². The minimum absolute atomic E-state index is 0.0324. The molecule has 1 aromatic rings. The molecule has 0 atom stereocenters. The monoisotopic (exact) mass is 390 g/mol. The van der Waals surface area contributed by atoms with Crippen LogP contribution in [0.5, 0.6) is 5.75 Å². The summed E-state index contributed by atoms with van der Waals surface area (Å²) in [4.78, 5) is 11.1. The molecular formula is C14H13F7N2O3. The number of hydrogen-bond acceptors (Lipinski definition) is 5. The Kier molecular flexibility index (Phi) is 6.81. The summed E-state index contributed by atoms with van der Waals surface area (Å²) in [6, 6.07) is -0.451. The number of nitrogens with zero attached hydrogens (tertiary/aromatic N) is 1. The fourth-order valence-corrected chi connectivity index (χ4v) is 1.47. The topological polar surface area (TPSA) is 59.9 Å². The van der Waals surface area contributed by atoms with Gasteiger partial charge in [-0.3, -0.25) is 0 Å². The van der Waals surface area contributed by atoms with E-state index < -0.39 is 30.7 Å². The number of esters is 1. The van der Waals surface area contributed by atoms with Crippen LogP contribution in [-0.2, 0) is 9.53 Å². The van der Waals surface area contributed by atoms with E-state index in [0.29, 0.717) is 11.6 Å². The van der Waals surface area contributed by atoms with Crippen molar-refractivity contribution in [1.29, 1.82) is 0 Å². The van der Waals surface area contributed by atoms with Gasteiger partial charge in [0.1, 0.15) is 5.75 Å². The Hall–Kier alpha value is -2.53. The van der Waals surface area contributed by atoms with Crippen LogP contribution in [-0.4, -0.2) is 43.5 Å². The molecule has 0 aromatic heterocycles. The third-order valence-corrected chi connectivity index (χ3v) is 2.69. The van der Waals surface area contributed by atoms with Crippen molar-refractivity contribution in [3.05, 3.63) is 29.8 Å². The lowest BCUT2D eigenvalue weighted by Gasteiger charge is -2.27. The molecule has 0 fully saturated rings. The van der Waals surface area contributed by atoms with E-state index in [0.717, 1.165) is 0 Å². The van der Waals surface area contributed by atoms with E-state index in [4.69, 9.17) is 4.74 Å². The highest BCUT2D eigenvalue weighted by atomic mass is 19.4. The summed E-state index contributed by atoms with van der Waals surface area (Å²) < 4.78 is 96.8. The van der Waals surface area contributed by atoms with E-state index in [1.54, 1.807) is 6.92 Å². The highest BCUT2D eigenvalue weighted by Crippen LogP contribution is 2.44. The van der Waals surface area contributed by atoms with Crippen molar-refractivity contribution in [1.82, 2.24) is 5.43 Å². The molecule has 1 aromatic carbocycles. The molecule has 0 spiro atoms. The zero-order valence-corrected chi connectivity index (χ0v) is 13.1. The van der Waals surface area contributed by atoms with Crippen LogP contribution in [0.4, 0.5) is 30.7 Å². The van der Waals surface area contributed by atoms with Crippen LogP contribution < -0.4 is 10.2 Å². The van der Waals surface area contributed by atoms with Gasteiger partial charge in [-0.1, -0.05) is 12.1 Å². The van der Waals surface area contributed by atoms with Crippen LogP contribution in [0.2, 0.25) is 0 Å². The van der Waals surface area contributed by atoms with Crippen LogP contribution in [0.15, 0.2) is 29.4 Å². The van der Waals surface area contributed by atoms with Crippen LogP contribution in [0, 0.1) is 0 Å². The number of carbonyl (C=O) groups excluding carboxylic acids is 1. The SMILES string of the molecule is CCOC(=O)COc1cccc(/C=N\NC(F)(F)C(F)(F)C(F)(F)F)c1. The average molecular weight is 390 g/mol. The van der Waals surface area contributed by atoms with Crippen molar-refractivity contribution in [2.45, 2.75) is 25.1 Å². The zero-order chi connectivity index (χ0) is 20.0. The minimum atomic E-state index is -6.46. The standard InChI is InChI=1S/C14H13F7N2O3/c1-2-25-11(24)8-26-10-5-3-4-9(6-10)7-22-23-14(20,21)12(15,16)13(17,18)19/h3-7,23H,2,8H2,1H3/b22-7-. The Morgan fingerprint density at radius 1 is 1.19 bits per heavy atom. The van der Waals surface area contributed by atoms with Gasteiger partial charge < -0.3 is 9.47 Å². The summed E-state index contributed by atoms with van der Waals surface area (Å²) >= 11 is 0. The molecule has 0 saturated carbocycles. The van der Waals surface area contributed by atoms with Crippen LogP contribution >= 0.6 is 0 Å². The molecule has 5 nitrogen and oxygen atoms in total. The first kappa shape index (κ1) is 21.5. The summed E-state index contributed by atoms with van der Waals surface area (Å²) in [5, 5.41) is 2.71. The largest absolute Gasteiger partial charge is 0.482 e. The maximum absolute atomic E-state index is 13.0. The summed E-state index contributed by atoms with van der Waals surface area (Å²) in [5.41, 5.74) is 0.524. The minimum Gasteiger partial charge on any atom is -0.482 e. The van der Waals surface area contributed by atoms with Gasteiger partial charge in [0.2, 0.25) is 0 Å². The lowest BCUT2D eigenvalue weighted by atomic mass is 10.2. The molecule has 0 aliphatic rings. The zero-order valence-electron chi connectivity index (χ0n) is 13.1. The number of hydrazone groups is 1. The highest BCUT2D eigenvalue weighted by Gasteiger charge is 2.73. The van der Waals surface area contributed by atoms with Gasteiger partial charge >= 0.3 is 24.1 Å². The summed E-state index contributed by atoms with van der Waals surface area (Å²) in [6.07, 6.45) is -5.88. The Balaban J connectivity index is 2.74. The highest BCUT2D eigenvalue weighted by molar-refractivity contribution is 5.80. The lowest BCUT2D eigenvalue weighted by molar-refractivity contribution is -0.361. The molecule has 0 saturated heterocycles. The number of hydrogen-bond donors (Lipinski definition) is 1. The molecule has 1 N–H and O–H groups in total. The number of rotatable bonds is 8. The van der Waals surface area contributed by atoms with Crippen LogP contribution in [0.25, 0.3) is 0 Å². The van der Waals surface area contributed by atoms with Gasteiger partial charge in [0.15, 0.2) is 6.61 Å². The van der Waals surface area contributed by atoms with E-state index in [1.807, 2.05) is 0 Å². The predicted molar refractivity (Wildman–Crippen MR) is 75.2 cm³/mol. The molecule has 146 valence electrons. The maximum atomic E-state index is 13.0. The Morgan fingerprint density at radius 2 is 1.85 bits per heavy atom. The number of benzene rings is 1. The first-order chi connectivity index (χ1) is 11.9. The van der Waals surface area contributed by atoms with Gasteiger partial charge in [0.05, 0.1) is 12.8 Å². The molecule has 0 unspecified atom stereocenters. The molecule has 0 radical (unpaired) electrons. The molecule has 0 aliphatic heterocycles. The quantitative estimate of drug-likeness (QED) is 0.243. The molecule has 12 heteroatoms. The Labute approximate surface area is 142 Å². The van der Waals surface area contributed by atoms with E-state index in [2.05, 4.69) is 9.84 Å². The number of carbonyl (C=O) groups is 1. The summed E-state index contributed by atoms with van der Waals surface area (Å²) in [7, 11) is 0. The van der Waals surface area contributed by atoms with Gasteiger partial charge in [0, 0.05) is 0 Å². The van der Waals surface area contributed by atoms with Gasteiger partial charge in [-0.05, 0) is 24.6 Å². The normalized spacial score (nSPS) is 12.9. The second kappa shape index (κ2) is 8.23. The van der Waals surface area contributed by atoms with E-state index >= 15 is 0 Å². The number of nitrogens with one attached hydrogen (secondary N) is 1. The Morgan fingerprint density at radius 3 is 2.42 bits per heavy atom. The fraction of sp³-hybridized carbons (Fsp3) is 0.429. The third-order valence-electron chi connectivity index (χ3n) is 2.69. The Bertz CT molecular complexity index is 648. The molecule has 1 rings (SSSR count). The van der Waals surface area contributed by atoms with Crippen molar-refractivity contribution in [2.24, 2.45) is 5.10 Å². The van der Waals surface area contributed by atoms with Crippen molar-refractivity contribution in [3.8, 4) is 5.75 Å². The second-order valence-electron chi connectivity index (χ2n) is 4.68. The molecule has 0 amide bonds. The maximum Gasteiger partial charge on any atom is 0.462 e. The van der Waals surface area contributed by atoms with E-state index in [-0.39, 0.29) is 17.9 Å². The van der Waals surface area contributed by atoms with Crippen molar-refractivity contribution in [2.75, 3.05) is 13.2 Å². The first-order valence-electron chi connectivity index (χ1n) is 6.92. The van der Waals surface area contributed by atoms with Crippen molar-refractivity contribution in [3.63, 3.8) is 0 Å². The van der Waals surface area contributed by atoms with Gasteiger partial charge in [-0.2, -0.15) is 35.8 Å². The number of alkyl halides is 7. The molecule has 0 aliphatic carbocycles.